The third-order valence-electron chi connectivity index (χ3n) is 2.44. The van der Waals surface area contributed by atoms with Crippen LogP contribution >= 0.6 is 0 Å². The van der Waals surface area contributed by atoms with E-state index in [1.807, 2.05) is 18.2 Å². The van der Waals surface area contributed by atoms with Gasteiger partial charge < -0.3 is 10.6 Å². The molecule has 0 saturated carbocycles. The van der Waals surface area contributed by atoms with Gasteiger partial charge in [-0.3, -0.25) is 0 Å². The van der Waals surface area contributed by atoms with Gasteiger partial charge in [0.05, 0.1) is 5.69 Å². The lowest BCUT2D eigenvalue weighted by atomic mass is 10.1. The van der Waals surface area contributed by atoms with E-state index in [9.17, 15) is 0 Å². The van der Waals surface area contributed by atoms with E-state index in [0.717, 1.165) is 25.2 Å². The Morgan fingerprint density at radius 3 is 3.00 bits per heavy atom. The van der Waals surface area contributed by atoms with E-state index in [1.165, 1.54) is 5.57 Å². The first kappa shape index (κ1) is 9.21. The van der Waals surface area contributed by atoms with Crippen LogP contribution < -0.4 is 5.73 Å². The predicted molar refractivity (Wildman–Crippen MR) is 58.7 cm³/mol. The molecule has 1 aliphatic heterocycles. The number of nitrogens with zero attached hydrogens (tertiary/aromatic N) is 2. The van der Waals surface area contributed by atoms with Gasteiger partial charge in [0.15, 0.2) is 0 Å². The Morgan fingerprint density at radius 1 is 1.43 bits per heavy atom. The quantitative estimate of drug-likeness (QED) is 0.725. The molecule has 1 aromatic heterocycles. The largest absolute Gasteiger partial charge is 0.384 e. The van der Waals surface area contributed by atoms with Crippen LogP contribution in [0, 0.1) is 0 Å². The highest BCUT2D eigenvalue weighted by molar-refractivity contribution is 5.65. The fourth-order valence-corrected chi connectivity index (χ4v) is 1.71. The van der Waals surface area contributed by atoms with Crippen molar-refractivity contribution in [2.75, 3.05) is 25.9 Å². The van der Waals surface area contributed by atoms with Crippen molar-refractivity contribution < 1.29 is 0 Å². The molecular formula is C11H15N3. The summed E-state index contributed by atoms with van der Waals surface area (Å²) in [4.78, 5) is 6.61. The third-order valence-corrected chi connectivity index (χ3v) is 2.44. The molecular weight excluding hydrogens is 174 g/mol. The Bertz CT molecular complexity index is 357. The van der Waals surface area contributed by atoms with E-state index in [0.29, 0.717) is 5.82 Å². The minimum atomic E-state index is 0.594. The summed E-state index contributed by atoms with van der Waals surface area (Å²) in [5.74, 6) is 0.594. The van der Waals surface area contributed by atoms with E-state index in [4.69, 9.17) is 5.73 Å². The van der Waals surface area contributed by atoms with Crippen LogP contribution in [0.3, 0.4) is 0 Å². The molecule has 0 bridgehead atoms. The van der Waals surface area contributed by atoms with E-state index in [-0.39, 0.29) is 0 Å². The van der Waals surface area contributed by atoms with Gasteiger partial charge in [0.25, 0.3) is 0 Å². The van der Waals surface area contributed by atoms with Crippen LogP contribution in [0.5, 0.6) is 0 Å². The van der Waals surface area contributed by atoms with E-state index >= 15 is 0 Å². The maximum absolute atomic E-state index is 5.65. The SMILES string of the molecule is CN1CCC=C(c2cccc(N)n2)C1. The van der Waals surface area contributed by atoms with Crippen LogP contribution in [-0.4, -0.2) is 30.0 Å². The molecule has 0 aromatic carbocycles. The fourth-order valence-electron chi connectivity index (χ4n) is 1.71. The van der Waals surface area contributed by atoms with E-state index < -0.39 is 0 Å². The van der Waals surface area contributed by atoms with Gasteiger partial charge in [-0.15, -0.1) is 0 Å². The second-order valence-electron chi connectivity index (χ2n) is 3.70. The Balaban J connectivity index is 2.26. The van der Waals surface area contributed by atoms with Crippen molar-refractivity contribution in [1.29, 1.82) is 0 Å². The molecule has 0 saturated heterocycles. The first-order chi connectivity index (χ1) is 6.75. The Hall–Kier alpha value is -1.35. The van der Waals surface area contributed by atoms with Crippen LogP contribution in [0.1, 0.15) is 12.1 Å². The van der Waals surface area contributed by atoms with Crippen LogP contribution in [0.4, 0.5) is 5.82 Å². The molecule has 0 atom stereocenters. The molecule has 2 N–H and O–H groups in total. The number of rotatable bonds is 1. The monoisotopic (exact) mass is 189 g/mol. The molecule has 2 heterocycles. The van der Waals surface area contributed by atoms with Crippen molar-refractivity contribution in [2.45, 2.75) is 6.42 Å². The van der Waals surface area contributed by atoms with Crippen molar-refractivity contribution in [3.8, 4) is 0 Å². The normalized spacial score (nSPS) is 17.9. The maximum Gasteiger partial charge on any atom is 0.124 e. The minimum Gasteiger partial charge on any atom is -0.384 e. The number of aromatic nitrogens is 1. The molecule has 0 radical (unpaired) electrons. The van der Waals surface area contributed by atoms with E-state index in [1.54, 1.807) is 0 Å². The lowest BCUT2D eigenvalue weighted by Gasteiger charge is -2.22. The highest BCUT2D eigenvalue weighted by Gasteiger charge is 2.10. The Labute approximate surface area is 84.2 Å². The number of hydrogen-bond donors (Lipinski definition) is 1. The predicted octanol–water partition coefficient (Wildman–Crippen LogP) is 1.38. The molecule has 14 heavy (non-hydrogen) atoms. The van der Waals surface area contributed by atoms with Gasteiger partial charge in [0.2, 0.25) is 0 Å². The van der Waals surface area contributed by atoms with Gasteiger partial charge in [0.1, 0.15) is 5.82 Å². The van der Waals surface area contributed by atoms with Crippen molar-refractivity contribution >= 4 is 11.4 Å². The van der Waals surface area contributed by atoms with Gasteiger partial charge in [-0.25, -0.2) is 4.98 Å². The summed E-state index contributed by atoms with van der Waals surface area (Å²) in [5, 5.41) is 0. The summed E-state index contributed by atoms with van der Waals surface area (Å²) in [7, 11) is 2.12. The Morgan fingerprint density at radius 2 is 2.29 bits per heavy atom. The van der Waals surface area contributed by atoms with Gasteiger partial charge >= 0.3 is 0 Å². The van der Waals surface area contributed by atoms with Gasteiger partial charge in [0, 0.05) is 13.1 Å². The van der Waals surface area contributed by atoms with Gasteiger partial charge in [-0.1, -0.05) is 12.1 Å². The Kier molecular flexibility index (Phi) is 2.50. The first-order valence-electron chi connectivity index (χ1n) is 4.86. The third kappa shape index (κ3) is 1.93. The lowest BCUT2D eigenvalue weighted by molar-refractivity contribution is 0.372. The zero-order chi connectivity index (χ0) is 9.97. The number of nitrogen functional groups attached to an aromatic ring is 1. The zero-order valence-electron chi connectivity index (χ0n) is 8.40. The molecule has 3 nitrogen and oxygen atoms in total. The number of anilines is 1. The van der Waals surface area contributed by atoms with Crippen molar-refractivity contribution in [3.05, 3.63) is 30.0 Å². The summed E-state index contributed by atoms with van der Waals surface area (Å²) in [6.07, 6.45) is 3.35. The van der Waals surface area contributed by atoms with Crippen LogP contribution in [-0.2, 0) is 0 Å². The summed E-state index contributed by atoms with van der Waals surface area (Å²) < 4.78 is 0. The molecule has 0 fully saturated rings. The second kappa shape index (κ2) is 3.80. The molecule has 74 valence electrons. The first-order valence-corrected chi connectivity index (χ1v) is 4.86. The molecule has 1 aliphatic rings. The highest BCUT2D eigenvalue weighted by Crippen LogP contribution is 2.18. The average Bonchev–Trinajstić information content (AvgIpc) is 2.18. The van der Waals surface area contributed by atoms with Crippen LogP contribution in [0.15, 0.2) is 24.3 Å². The minimum absolute atomic E-state index is 0.594. The molecule has 0 aliphatic carbocycles. The van der Waals surface area contributed by atoms with Crippen LogP contribution in [0.2, 0.25) is 0 Å². The molecule has 0 spiro atoms. The van der Waals surface area contributed by atoms with Crippen molar-refractivity contribution in [2.24, 2.45) is 0 Å². The molecule has 0 amide bonds. The number of hydrogen-bond acceptors (Lipinski definition) is 3. The summed E-state index contributed by atoms with van der Waals surface area (Å²) >= 11 is 0. The lowest BCUT2D eigenvalue weighted by Crippen LogP contribution is -2.25. The van der Waals surface area contributed by atoms with Crippen molar-refractivity contribution in [3.63, 3.8) is 0 Å². The van der Waals surface area contributed by atoms with Crippen LogP contribution in [0.25, 0.3) is 5.57 Å². The molecule has 0 unspecified atom stereocenters. The number of likely N-dealkylation sites (N-methyl/N-ethyl adjacent to an activating group) is 1. The standard InChI is InChI=1S/C11H15N3/c1-14-7-3-4-9(8-14)10-5-2-6-11(12)13-10/h2,4-6H,3,7-8H2,1H3,(H2,12,13). The topological polar surface area (TPSA) is 42.1 Å². The smallest absolute Gasteiger partial charge is 0.124 e. The van der Waals surface area contributed by atoms with Gasteiger partial charge in [-0.05, 0) is 31.2 Å². The maximum atomic E-state index is 5.65. The number of nitrogens with two attached hydrogens (primary N) is 1. The number of pyridine rings is 1. The average molecular weight is 189 g/mol. The molecule has 2 rings (SSSR count). The molecule has 3 heteroatoms. The fraction of sp³-hybridized carbons (Fsp3) is 0.364. The summed E-state index contributed by atoms with van der Waals surface area (Å²) in [5.41, 5.74) is 7.94. The molecule has 1 aromatic rings. The second-order valence-corrected chi connectivity index (χ2v) is 3.70. The van der Waals surface area contributed by atoms with Crippen molar-refractivity contribution in [1.82, 2.24) is 9.88 Å². The van der Waals surface area contributed by atoms with Gasteiger partial charge in [-0.2, -0.15) is 0 Å². The summed E-state index contributed by atoms with van der Waals surface area (Å²) in [6, 6.07) is 5.78. The highest BCUT2D eigenvalue weighted by atomic mass is 15.1. The zero-order valence-corrected chi connectivity index (χ0v) is 8.40. The van der Waals surface area contributed by atoms with E-state index in [2.05, 4.69) is 23.0 Å². The summed E-state index contributed by atoms with van der Waals surface area (Å²) in [6.45, 7) is 2.10.